The van der Waals surface area contributed by atoms with Gasteiger partial charge in [0.1, 0.15) is 12.1 Å². The van der Waals surface area contributed by atoms with Crippen molar-refractivity contribution in [1.29, 1.82) is 0 Å². The molecule has 1 saturated carbocycles. The van der Waals surface area contributed by atoms with Gasteiger partial charge < -0.3 is 20.7 Å². The van der Waals surface area contributed by atoms with Crippen LogP contribution < -0.4 is 15.8 Å². The maximum atomic E-state index is 14.2. The number of amides is 3. The Balaban J connectivity index is 1.60. The quantitative estimate of drug-likeness (QED) is 0.207. The van der Waals surface area contributed by atoms with Crippen LogP contribution in [0.3, 0.4) is 0 Å². The van der Waals surface area contributed by atoms with E-state index in [1.54, 1.807) is 32.9 Å². The lowest BCUT2D eigenvalue weighted by molar-refractivity contribution is -0.143. The van der Waals surface area contributed by atoms with Crippen molar-refractivity contribution in [2.75, 3.05) is 26.7 Å². The van der Waals surface area contributed by atoms with E-state index in [1.807, 2.05) is 17.0 Å². The first-order valence-corrected chi connectivity index (χ1v) is 18.0. The number of esters is 1. The lowest BCUT2D eigenvalue weighted by Crippen LogP contribution is -2.64. The first-order chi connectivity index (χ1) is 23.0. The Morgan fingerprint density at radius 2 is 1.71 bits per heavy atom. The molecule has 0 spiro atoms. The van der Waals surface area contributed by atoms with Gasteiger partial charge in [-0.05, 0) is 53.6 Å². The van der Waals surface area contributed by atoms with Crippen LogP contribution in [-0.4, -0.2) is 92.6 Å². The van der Waals surface area contributed by atoms with Gasteiger partial charge in [-0.2, -0.15) is 4.72 Å². The molecule has 2 fully saturated rings. The van der Waals surface area contributed by atoms with Gasteiger partial charge in [-0.15, -0.1) is 0 Å². The van der Waals surface area contributed by atoms with E-state index in [-0.39, 0.29) is 42.4 Å². The number of ether oxygens (including phenoxy) is 1. The average molecular weight is 718 g/mol. The largest absolute Gasteiger partial charge is 0.465 e. The Bertz CT molecular complexity index is 1670. The van der Waals surface area contributed by atoms with E-state index in [0.717, 1.165) is 24.8 Å². The van der Waals surface area contributed by atoms with Crippen LogP contribution in [-0.2, 0) is 40.5 Å². The van der Waals surface area contributed by atoms with Gasteiger partial charge in [-0.25, -0.2) is 13.2 Å². The van der Waals surface area contributed by atoms with Gasteiger partial charge in [0.15, 0.2) is 0 Å². The minimum Gasteiger partial charge on any atom is -0.465 e. The summed E-state index contributed by atoms with van der Waals surface area (Å²) in [6.07, 6.45) is 3.04. The highest BCUT2D eigenvalue weighted by molar-refractivity contribution is 7.89. The number of benzene rings is 2. The fourth-order valence-corrected chi connectivity index (χ4v) is 7.49. The van der Waals surface area contributed by atoms with Crippen molar-refractivity contribution in [3.63, 3.8) is 0 Å². The highest BCUT2D eigenvalue weighted by Gasteiger charge is 2.43. The van der Waals surface area contributed by atoms with Crippen LogP contribution >= 0.6 is 11.6 Å². The Labute approximate surface area is 291 Å². The lowest BCUT2D eigenvalue weighted by atomic mass is 9.80. The first kappa shape index (κ1) is 38.0. The first-order valence-electron chi connectivity index (χ1n) is 16.1. The van der Waals surface area contributed by atoms with Crippen molar-refractivity contribution in [2.45, 2.75) is 76.0 Å². The van der Waals surface area contributed by atoms with E-state index in [4.69, 9.17) is 22.1 Å². The van der Waals surface area contributed by atoms with Crippen LogP contribution in [0.25, 0.3) is 0 Å². The molecule has 4 N–H and O–H groups in total. The number of rotatable bonds is 13. The molecule has 49 heavy (non-hydrogen) atoms. The third-order valence-electron chi connectivity index (χ3n) is 9.03. The fraction of sp³-hybridized carbons (Fsp3) is 0.500. The van der Waals surface area contributed by atoms with Crippen LogP contribution in [0.1, 0.15) is 62.4 Å². The van der Waals surface area contributed by atoms with E-state index < -0.39 is 63.0 Å². The second-order valence-electron chi connectivity index (χ2n) is 13.7. The summed E-state index contributed by atoms with van der Waals surface area (Å²) in [6, 6.07) is 9.09. The molecule has 1 aliphatic carbocycles. The van der Waals surface area contributed by atoms with Crippen LogP contribution in [0.4, 0.5) is 0 Å². The monoisotopic (exact) mass is 717 g/mol. The van der Waals surface area contributed by atoms with Crippen molar-refractivity contribution in [3.8, 4) is 0 Å². The smallest absolute Gasteiger partial charge is 0.337 e. The summed E-state index contributed by atoms with van der Waals surface area (Å²) in [5.74, 6) is -3.67. The molecule has 1 unspecified atom stereocenters. The van der Waals surface area contributed by atoms with Crippen molar-refractivity contribution in [1.82, 2.24) is 19.8 Å². The highest BCUT2D eigenvalue weighted by atomic mass is 35.5. The molecule has 0 radical (unpaired) electrons. The maximum Gasteiger partial charge on any atom is 0.337 e. The number of nitrogens with zero attached hydrogens (tertiary/aromatic N) is 2. The van der Waals surface area contributed by atoms with Gasteiger partial charge in [0, 0.05) is 31.2 Å². The zero-order valence-electron chi connectivity index (χ0n) is 28.1. The zero-order valence-corrected chi connectivity index (χ0v) is 29.7. The number of methoxy groups -OCH3 is 1. The third kappa shape index (κ3) is 9.65. The lowest BCUT2D eigenvalue weighted by Gasteiger charge is -2.43. The van der Waals surface area contributed by atoms with Crippen LogP contribution in [0.2, 0.25) is 5.02 Å². The van der Waals surface area contributed by atoms with Gasteiger partial charge in [0.05, 0.1) is 23.6 Å². The van der Waals surface area contributed by atoms with Gasteiger partial charge in [-0.1, -0.05) is 69.8 Å². The number of Topliss-reactive ketones (excluding diaryl/α,β-unsaturated/α-hetero) is 1. The summed E-state index contributed by atoms with van der Waals surface area (Å²) in [7, 11) is -3.12. The Morgan fingerprint density at radius 1 is 1.04 bits per heavy atom. The molecule has 2 aromatic carbocycles. The molecule has 266 valence electrons. The number of halogens is 1. The second kappa shape index (κ2) is 15.8. The minimum atomic E-state index is -4.30. The number of sulfonamides is 1. The molecule has 13 nitrogen and oxygen atoms in total. The Kier molecular flexibility index (Phi) is 12.2. The van der Waals surface area contributed by atoms with Gasteiger partial charge in [-0.3, -0.25) is 24.1 Å². The number of hydrogen-bond acceptors (Lipinski definition) is 9. The minimum absolute atomic E-state index is 0.0279. The normalized spacial score (nSPS) is 18.6. The molecule has 4 rings (SSSR count). The van der Waals surface area contributed by atoms with Crippen molar-refractivity contribution in [2.24, 2.45) is 17.1 Å². The molecule has 1 aliphatic heterocycles. The fourth-order valence-electron chi connectivity index (χ4n) is 5.93. The van der Waals surface area contributed by atoms with Crippen molar-refractivity contribution < 1.29 is 37.1 Å². The molecule has 3 amide bonds. The molecule has 3 atom stereocenters. The van der Waals surface area contributed by atoms with Crippen molar-refractivity contribution in [3.05, 3.63) is 64.7 Å². The second-order valence-corrected chi connectivity index (χ2v) is 15.8. The SMILES string of the molecule is COC(=O)c1cccc(S(=O)(=O)N[C@H](C(=O)N2CCN(Cc3ccc(Cl)cc3)[C@@H](C(=O)NC(CC3CCC3)C(=O)C(N)=O)C2)C(C)(C)C)c1. The summed E-state index contributed by atoms with van der Waals surface area (Å²) < 4.78 is 34.4. The van der Waals surface area contributed by atoms with Gasteiger partial charge >= 0.3 is 5.97 Å². The average Bonchev–Trinajstić information content (AvgIpc) is 3.04. The number of piperazine rings is 1. The molecule has 0 aromatic heterocycles. The number of nitrogens with one attached hydrogen (secondary N) is 2. The Morgan fingerprint density at radius 3 is 2.29 bits per heavy atom. The molecule has 2 aliphatic rings. The summed E-state index contributed by atoms with van der Waals surface area (Å²) in [5.41, 5.74) is 5.31. The van der Waals surface area contributed by atoms with E-state index in [9.17, 15) is 32.4 Å². The molecular weight excluding hydrogens is 674 g/mol. The molecule has 2 aromatic rings. The molecule has 15 heteroatoms. The number of hydrogen-bond donors (Lipinski definition) is 3. The van der Waals surface area contributed by atoms with E-state index in [0.29, 0.717) is 11.6 Å². The highest BCUT2D eigenvalue weighted by Crippen LogP contribution is 2.31. The Hall–Kier alpha value is -3.85. The topological polar surface area (TPSA) is 185 Å². The molecule has 0 bridgehead atoms. The van der Waals surface area contributed by atoms with Crippen molar-refractivity contribution >= 4 is 51.1 Å². The maximum absolute atomic E-state index is 14.2. The molecule has 1 saturated heterocycles. The third-order valence-corrected chi connectivity index (χ3v) is 10.7. The van der Waals surface area contributed by atoms with E-state index in [1.165, 1.54) is 36.3 Å². The van der Waals surface area contributed by atoms with Gasteiger partial charge in [0.2, 0.25) is 27.6 Å². The van der Waals surface area contributed by atoms with E-state index >= 15 is 0 Å². The summed E-state index contributed by atoms with van der Waals surface area (Å²) in [6.45, 7) is 5.76. The van der Waals surface area contributed by atoms with Crippen LogP contribution in [0.5, 0.6) is 0 Å². The summed E-state index contributed by atoms with van der Waals surface area (Å²) >= 11 is 6.08. The predicted octanol–water partition coefficient (Wildman–Crippen LogP) is 2.26. The van der Waals surface area contributed by atoms with E-state index in [2.05, 4.69) is 10.0 Å². The number of ketones is 1. The summed E-state index contributed by atoms with van der Waals surface area (Å²) in [4.78, 5) is 68.0. The molecular formula is C34H44ClN5O8S. The van der Waals surface area contributed by atoms with Gasteiger partial charge in [0.25, 0.3) is 5.91 Å². The zero-order chi connectivity index (χ0) is 36.1. The number of carbonyl (C=O) groups is 5. The standard InChI is InChI=1S/C34H44ClN5O8S/c1-34(2,3)29(38-49(46,47)25-10-6-9-23(18-25)33(45)48-4)32(44)40-16-15-39(19-22-11-13-24(35)14-12-22)27(20-40)31(43)37-26(28(41)30(36)42)17-21-7-5-8-21/h6,9-14,18,21,26-27,29,38H,5,7-8,15-17,19-20H2,1-4H3,(H2,36,42)(H,37,43)/t26?,27-,29-/m1/s1. The molecule has 1 heterocycles. The summed E-state index contributed by atoms with van der Waals surface area (Å²) in [5, 5.41) is 3.30. The number of primary amides is 1. The van der Waals surface area contributed by atoms with Crippen LogP contribution in [0, 0.1) is 11.3 Å². The number of nitrogens with two attached hydrogens (primary N) is 1. The van der Waals surface area contributed by atoms with Crippen LogP contribution in [0.15, 0.2) is 53.4 Å². The number of carbonyl (C=O) groups excluding carboxylic acids is 5. The predicted molar refractivity (Wildman–Crippen MR) is 182 cm³/mol.